The highest BCUT2D eigenvalue weighted by Crippen LogP contribution is 2.23. The highest BCUT2D eigenvalue weighted by molar-refractivity contribution is 14.0. The van der Waals surface area contributed by atoms with Crippen LogP contribution in [0.2, 0.25) is 0 Å². The van der Waals surface area contributed by atoms with Gasteiger partial charge in [-0.1, -0.05) is 33.6 Å². The van der Waals surface area contributed by atoms with Crippen LogP contribution in [0.5, 0.6) is 0 Å². The Hall–Kier alpha value is -0.0400. The van der Waals surface area contributed by atoms with Crippen molar-refractivity contribution >= 4 is 29.9 Å². The molecule has 1 fully saturated rings. The fraction of sp³-hybridized carbons (Fsp3) is 0.938. The monoisotopic (exact) mass is 410 g/mol. The van der Waals surface area contributed by atoms with Crippen LogP contribution in [-0.4, -0.2) is 42.6 Å². The van der Waals surface area contributed by atoms with Crippen LogP contribution in [0.3, 0.4) is 0 Å². The Morgan fingerprint density at radius 2 is 1.71 bits per heavy atom. The second-order valence-corrected chi connectivity index (χ2v) is 6.07. The van der Waals surface area contributed by atoms with Gasteiger partial charge in [0, 0.05) is 12.1 Å². The quantitative estimate of drug-likeness (QED) is 0.367. The molecule has 0 spiro atoms. The Labute approximate surface area is 148 Å². The van der Waals surface area contributed by atoms with Crippen molar-refractivity contribution in [3.05, 3.63) is 0 Å². The van der Waals surface area contributed by atoms with Gasteiger partial charge in [0.25, 0.3) is 0 Å². The highest BCUT2D eigenvalue weighted by atomic mass is 127. The molecular formula is C16H35IN4. The minimum atomic E-state index is 0. The number of rotatable bonds is 8. The van der Waals surface area contributed by atoms with Gasteiger partial charge in [-0.2, -0.15) is 0 Å². The molecule has 0 aromatic heterocycles. The van der Waals surface area contributed by atoms with E-state index in [0.717, 1.165) is 18.9 Å². The fourth-order valence-electron chi connectivity index (χ4n) is 3.06. The highest BCUT2D eigenvalue weighted by Gasteiger charge is 2.27. The van der Waals surface area contributed by atoms with Gasteiger partial charge in [0.05, 0.1) is 6.54 Å². The number of hydrogen-bond donors (Lipinski definition) is 2. The zero-order valence-electron chi connectivity index (χ0n) is 14.3. The molecule has 0 amide bonds. The summed E-state index contributed by atoms with van der Waals surface area (Å²) in [6.45, 7) is 12.2. The molecule has 1 aliphatic rings. The summed E-state index contributed by atoms with van der Waals surface area (Å²) < 4.78 is 0. The molecule has 0 aromatic rings. The van der Waals surface area contributed by atoms with Crippen LogP contribution >= 0.6 is 24.0 Å². The van der Waals surface area contributed by atoms with Crippen molar-refractivity contribution in [2.24, 2.45) is 16.6 Å². The minimum absolute atomic E-state index is 0. The first-order valence-corrected chi connectivity index (χ1v) is 8.42. The predicted octanol–water partition coefficient (Wildman–Crippen LogP) is 3.21. The van der Waals surface area contributed by atoms with Crippen molar-refractivity contribution in [1.82, 2.24) is 10.2 Å². The number of likely N-dealkylation sites (tertiary alicyclic amines) is 1. The van der Waals surface area contributed by atoms with Gasteiger partial charge in [0.2, 0.25) is 0 Å². The average molecular weight is 410 g/mol. The molecule has 0 aliphatic carbocycles. The number of halogens is 1. The van der Waals surface area contributed by atoms with Gasteiger partial charge in [-0.3, -0.25) is 9.89 Å². The summed E-state index contributed by atoms with van der Waals surface area (Å²) in [6.07, 6.45) is 6.19. The largest absolute Gasteiger partial charge is 0.370 e. The topological polar surface area (TPSA) is 53.6 Å². The van der Waals surface area contributed by atoms with E-state index in [1.165, 1.54) is 38.8 Å². The molecule has 126 valence electrons. The Bertz CT molecular complexity index is 284. The van der Waals surface area contributed by atoms with Crippen LogP contribution in [-0.2, 0) is 0 Å². The zero-order chi connectivity index (χ0) is 15.0. The third kappa shape index (κ3) is 7.17. The van der Waals surface area contributed by atoms with E-state index < -0.39 is 0 Å². The number of nitrogens with zero attached hydrogens (tertiary/aromatic N) is 2. The van der Waals surface area contributed by atoms with Gasteiger partial charge in [0.1, 0.15) is 0 Å². The van der Waals surface area contributed by atoms with Crippen molar-refractivity contribution in [2.75, 3.05) is 19.6 Å². The molecule has 2 unspecified atom stereocenters. The molecule has 1 aliphatic heterocycles. The predicted molar refractivity (Wildman–Crippen MR) is 103 cm³/mol. The fourth-order valence-corrected chi connectivity index (χ4v) is 3.06. The molecule has 5 heteroatoms. The van der Waals surface area contributed by atoms with Crippen LogP contribution in [0, 0.1) is 5.92 Å². The van der Waals surface area contributed by atoms with Crippen LogP contribution < -0.4 is 11.1 Å². The molecule has 21 heavy (non-hydrogen) atoms. The normalized spacial score (nSPS) is 19.4. The summed E-state index contributed by atoms with van der Waals surface area (Å²) in [5.74, 6) is 1.34. The molecule has 1 heterocycles. The van der Waals surface area contributed by atoms with Gasteiger partial charge >= 0.3 is 0 Å². The average Bonchev–Trinajstić information content (AvgIpc) is 2.97. The lowest BCUT2D eigenvalue weighted by molar-refractivity contribution is 0.172. The van der Waals surface area contributed by atoms with E-state index in [9.17, 15) is 0 Å². The van der Waals surface area contributed by atoms with E-state index in [2.05, 4.69) is 42.9 Å². The first kappa shape index (κ1) is 21.0. The van der Waals surface area contributed by atoms with Gasteiger partial charge in [-0.15, -0.1) is 24.0 Å². The van der Waals surface area contributed by atoms with Gasteiger partial charge in [-0.25, -0.2) is 0 Å². The molecule has 0 bridgehead atoms. The second kappa shape index (κ2) is 11.5. The summed E-state index contributed by atoms with van der Waals surface area (Å²) in [5, 5.41) is 3.26. The maximum Gasteiger partial charge on any atom is 0.188 e. The number of hydrogen-bond acceptors (Lipinski definition) is 2. The minimum Gasteiger partial charge on any atom is -0.370 e. The molecule has 0 saturated carbocycles. The standard InChI is InChI=1S/C16H34N4.HI/c1-5-13(4)19-16(17)18-12-15(14(6-2)7-3)20-10-8-9-11-20;/h13-15H,5-12H2,1-4H3,(H3,17,18,19);1H. The van der Waals surface area contributed by atoms with E-state index in [0.29, 0.717) is 18.0 Å². The van der Waals surface area contributed by atoms with E-state index >= 15 is 0 Å². The van der Waals surface area contributed by atoms with Crippen LogP contribution in [0.4, 0.5) is 0 Å². The van der Waals surface area contributed by atoms with Crippen molar-refractivity contribution in [1.29, 1.82) is 0 Å². The Morgan fingerprint density at radius 3 is 2.19 bits per heavy atom. The van der Waals surface area contributed by atoms with Crippen LogP contribution in [0.25, 0.3) is 0 Å². The van der Waals surface area contributed by atoms with E-state index in [1.54, 1.807) is 0 Å². The SMILES string of the molecule is CCC(C)NC(N)=NCC(C(CC)CC)N1CCCC1.I. The summed E-state index contributed by atoms with van der Waals surface area (Å²) in [6, 6.07) is 0.960. The lowest BCUT2D eigenvalue weighted by Crippen LogP contribution is -2.43. The lowest BCUT2D eigenvalue weighted by atomic mass is 9.93. The molecule has 1 saturated heterocycles. The summed E-state index contributed by atoms with van der Waals surface area (Å²) in [5.41, 5.74) is 6.00. The van der Waals surface area contributed by atoms with E-state index in [1.807, 2.05) is 0 Å². The number of nitrogens with one attached hydrogen (secondary N) is 1. The molecule has 1 rings (SSSR count). The Kier molecular flexibility index (Phi) is 11.5. The first-order chi connectivity index (χ1) is 9.62. The number of nitrogens with two attached hydrogens (primary N) is 1. The van der Waals surface area contributed by atoms with Gasteiger partial charge < -0.3 is 11.1 Å². The zero-order valence-corrected chi connectivity index (χ0v) is 16.6. The van der Waals surface area contributed by atoms with Crippen LogP contribution in [0.1, 0.15) is 59.8 Å². The number of aliphatic imine (C=N–C) groups is 1. The van der Waals surface area contributed by atoms with Crippen molar-refractivity contribution in [2.45, 2.75) is 71.9 Å². The van der Waals surface area contributed by atoms with E-state index in [4.69, 9.17) is 5.73 Å². The first-order valence-electron chi connectivity index (χ1n) is 8.42. The summed E-state index contributed by atoms with van der Waals surface area (Å²) in [4.78, 5) is 7.24. The van der Waals surface area contributed by atoms with Gasteiger partial charge in [-0.05, 0) is 45.2 Å². The molecule has 4 nitrogen and oxygen atoms in total. The number of guanidine groups is 1. The smallest absolute Gasteiger partial charge is 0.188 e. The summed E-state index contributed by atoms with van der Waals surface area (Å²) >= 11 is 0. The van der Waals surface area contributed by atoms with Crippen molar-refractivity contribution in [3.63, 3.8) is 0 Å². The molecule has 0 radical (unpaired) electrons. The molecule has 2 atom stereocenters. The second-order valence-electron chi connectivity index (χ2n) is 6.07. The van der Waals surface area contributed by atoms with Crippen molar-refractivity contribution in [3.8, 4) is 0 Å². The summed E-state index contributed by atoms with van der Waals surface area (Å²) in [7, 11) is 0. The third-order valence-electron chi connectivity index (χ3n) is 4.66. The van der Waals surface area contributed by atoms with Crippen LogP contribution in [0.15, 0.2) is 4.99 Å². The lowest BCUT2D eigenvalue weighted by Gasteiger charge is -2.32. The van der Waals surface area contributed by atoms with Gasteiger partial charge in [0.15, 0.2) is 5.96 Å². The Morgan fingerprint density at radius 1 is 1.14 bits per heavy atom. The molecule has 3 N–H and O–H groups in total. The maximum absolute atomic E-state index is 6.00. The molecule has 0 aromatic carbocycles. The maximum atomic E-state index is 6.00. The van der Waals surface area contributed by atoms with Crippen molar-refractivity contribution < 1.29 is 0 Å². The molecular weight excluding hydrogens is 375 g/mol. The Balaban J connectivity index is 0.00000400. The van der Waals surface area contributed by atoms with E-state index in [-0.39, 0.29) is 24.0 Å². The third-order valence-corrected chi connectivity index (χ3v) is 4.66.